The summed E-state index contributed by atoms with van der Waals surface area (Å²) in [7, 11) is 0. The first-order chi connectivity index (χ1) is 21.4. The number of hydrogen-bond acceptors (Lipinski definition) is 6. The number of carbonyl (C=O) groups excluding carboxylic acids is 2. The largest absolute Gasteiger partial charge is 0.380 e. The number of benzene rings is 2. The fourth-order valence-corrected chi connectivity index (χ4v) is 7.81. The number of halogens is 2. The van der Waals surface area contributed by atoms with Crippen molar-refractivity contribution < 1.29 is 19.1 Å². The molecule has 4 rings (SSSR count). The molecule has 0 N–H and O–H groups in total. The Hall–Kier alpha value is -2.34. The predicted octanol–water partition coefficient (Wildman–Crippen LogP) is 7.77. The molecule has 0 aliphatic carbocycles. The van der Waals surface area contributed by atoms with Crippen molar-refractivity contribution in [1.82, 2.24) is 9.13 Å². The van der Waals surface area contributed by atoms with E-state index in [-0.39, 0.29) is 11.8 Å². The average molecular weight is 680 g/mol. The summed E-state index contributed by atoms with van der Waals surface area (Å²) < 4.78 is 17.0. The van der Waals surface area contributed by atoms with Crippen LogP contribution in [0.4, 0.5) is 0 Å². The second-order valence-corrected chi connectivity index (χ2v) is 13.1. The highest BCUT2D eigenvalue weighted by atomic mass is 35.5. The van der Waals surface area contributed by atoms with E-state index in [0.29, 0.717) is 72.0 Å². The molecule has 0 unspecified atom stereocenters. The zero-order valence-electron chi connectivity index (χ0n) is 25.4. The molecule has 0 radical (unpaired) electrons. The molecule has 0 bridgehead atoms. The first kappa shape index (κ1) is 34.5. The highest BCUT2D eigenvalue weighted by Crippen LogP contribution is 2.26. The number of fused-ring (bicyclic) bond motifs is 2. The van der Waals surface area contributed by atoms with Crippen molar-refractivity contribution in [2.45, 2.75) is 78.3 Å². The van der Waals surface area contributed by atoms with Crippen molar-refractivity contribution >= 4 is 78.1 Å². The van der Waals surface area contributed by atoms with Crippen molar-refractivity contribution in [1.29, 1.82) is 0 Å². The Balaban J connectivity index is 1.22. The second kappa shape index (κ2) is 18.0. The summed E-state index contributed by atoms with van der Waals surface area (Å²) in [5.74, 6) is -0.239. The van der Waals surface area contributed by atoms with Crippen LogP contribution in [0.25, 0.3) is 20.4 Å². The van der Waals surface area contributed by atoms with Gasteiger partial charge in [0.05, 0.1) is 43.7 Å². The van der Waals surface area contributed by atoms with Gasteiger partial charge in [0.2, 0.25) is 11.8 Å². The molecule has 0 spiro atoms. The Labute approximate surface area is 276 Å². The lowest BCUT2D eigenvalue weighted by molar-refractivity contribution is -0.119. The van der Waals surface area contributed by atoms with E-state index in [1.54, 1.807) is 0 Å². The summed E-state index contributed by atoms with van der Waals surface area (Å²) in [5.41, 5.74) is 1.79. The van der Waals surface area contributed by atoms with E-state index < -0.39 is 0 Å². The monoisotopic (exact) mass is 678 g/mol. The Morgan fingerprint density at radius 3 is 1.50 bits per heavy atom. The van der Waals surface area contributed by atoms with Gasteiger partial charge in [0.25, 0.3) is 0 Å². The van der Waals surface area contributed by atoms with Crippen LogP contribution < -0.4 is 9.60 Å². The third kappa shape index (κ3) is 9.58. The standard InChI is InChI=1S/C32H40Cl2N4O4S2/c1-3-41-21-19-37-29-23(33)13-11-15-25(29)43-31(37)35-27(39)17-9-7-5-6-8-10-18-28(40)36-32-38(20-22-42-4-2)30-24(34)14-12-16-26(30)44-32/h11-16H,3-10,17-22H2,1-2H3. The lowest BCUT2D eigenvalue weighted by Gasteiger charge is -2.06. The predicted molar refractivity (Wildman–Crippen MR) is 181 cm³/mol. The minimum atomic E-state index is -0.119. The van der Waals surface area contributed by atoms with E-state index in [1.807, 2.05) is 59.4 Å². The maximum absolute atomic E-state index is 12.7. The number of unbranched alkanes of at least 4 members (excludes halogenated alkanes) is 5. The van der Waals surface area contributed by atoms with Crippen LogP contribution in [0.1, 0.15) is 65.2 Å². The second-order valence-electron chi connectivity index (χ2n) is 10.3. The molecule has 0 fully saturated rings. The molecule has 238 valence electrons. The number of nitrogens with zero attached hydrogens (tertiary/aromatic N) is 4. The van der Waals surface area contributed by atoms with Crippen LogP contribution in [0, 0.1) is 0 Å². The molecule has 0 aliphatic rings. The number of para-hydroxylation sites is 2. The van der Waals surface area contributed by atoms with Gasteiger partial charge in [-0.25, -0.2) is 0 Å². The molecule has 0 atom stereocenters. The molecule has 2 amide bonds. The van der Waals surface area contributed by atoms with Gasteiger partial charge in [-0.3, -0.25) is 9.59 Å². The summed E-state index contributed by atoms with van der Waals surface area (Å²) in [5, 5.41) is 1.29. The number of aromatic nitrogens is 2. The fraction of sp³-hybridized carbons (Fsp3) is 0.500. The van der Waals surface area contributed by atoms with Crippen LogP contribution in [0.3, 0.4) is 0 Å². The third-order valence-electron chi connectivity index (χ3n) is 7.10. The smallest absolute Gasteiger partial charge is 0.248 e. The third-order valence-corrected chi connectivity index (χ3v) is 9.80. The number of amides is 2. The number of hydrogen-bond donors (Lipinski definition) is 0. The highest BCUT2D eigenvalue weighted by molar-refractivity contribution is 7.16. The maximum atomic E-state index is 12.7. The lowest BCUT2D eigenvalue weighted by atomic mass is 10.1. The van der Waals surface area contributed by atoms with Gasteiger partial charge in [-0.2, -0.15) is 9.98 Å². The van der Waals surface area contributed by atoms with Gasteiger partial charge in [0.1, 0.15) is 0 Å². The molecule has 2 heterocycles. The van der Waals surface area contributed by atoms with Crippen molar-refractivity contribution in [3.8, 4) is 0 Å². The van der Waals surface area contributed by atoms with Gasteiger partial charge < -0.3 is 18.6 Å². The summed E-state index contributed by atoms with van der Waals surface area (Å²) in [6.45, 7) is 7.41. The van der Waals surface area contributed by atoms with Crippen LogP contribution in [-0.2, 0) is 32.2 Å². The first-order valence-corrected chi connectivity index (χ1v) is 17.7. The summed E-state index contributed by atoms with van der Waals surface area (Å²) in [6, 6.07) is 11.5. The van der Waals surface area contributed by atoms with Crippen LogP contribution in [-0.4, -0.2) is 47.4 Å². The van der Waals surface area contributed by atoms with E-state index in [4.69, 9.17) is 32.7 Å². The van der Waals surface area contributed by atoms with E-state index in [9.17, 15) is 9.59 Å². The zero-order valence-corrected chi connectivity index (χ0v) is 28.5. The fourth-order valence-electron chi connectivity index (χ4n) is 4.94. The van der Waals surface area contributed by atoms with Gasteiger partial charge in [-0.1, -0.05) is 83.7 Å². The first-order valence-electron chi connectivity index (χ1n) is 15.3. The van der Waals surface area contributed by atoms with Gasteiger partial charge in [-0.05, 0) is 51.0 Å². The van der Waals surface area contributed by atoms with Crippen LogP contribution in [0.5, 0.6) is 0 Å². The topological polar surface area (TPSA) is 87.2 Å². The molecule has 0 aliphatic heterocycles. The Kier molecular flexibility index (Phi) is 14.1. The van der Waals surface area contributed by atoms with Crippen molar-refractivity contribution in [2.24, 2.45) is 9.98 Å². The minimum Gasteiger partial charge on any atom is -0.380 e. The number of rotatable bonds is 17. The number of carbonyl (C=O) groups is 2. The zero-order chi connectivity index (χ0) is 31.3. The molecular weight excluding hydrogens is 639 g/mol. The normalized spacial score (nSPS) is 12.6. The number of ether oxygens (including phenoxy) is 2. The SMILES string of the molecule is CCOCCn1c(=NC(=O)CCCCCCCCC(=O)N=c2sc3cccc(Cl)c3n2CCOCC)sc2cccc(Cl)c21. The summed E-state index contributed by atoms with van der Waals surface area (Å²) in [4.78, 5) is 35.6. The van der Waals surface area contributed by atoms with Gasteiger partial charge >= 0.3 is 0 Å². The van der Waals surface area contributed by atoms with E-state index in [1.165, 1.54) is 22.7 Å². The van der Waals surface area contributed by atoms with Gasteiger partial charge in [-0.15, -0.1) is 0 Å². The van der Waals surface area contributed by atoms with Gasteiger partial charge in [0, 0.05) is 39.1 Å². The van der Waals surface area contributed by atoms with Gasteiger partial charge in [0.15, 0.2) is 9.60 Å². The number of thiazole rings is 2. The molecule has 2 aromatic carbocycles. The van der Waals surface area contributed by atoms with Crippen LogP contribution >= 0.6 is 45.9 Å². The Morgan fingerprint density at radius 1 is 0.682 bits per heavy atom. The summed E-state index contributed by atoms with van der Waals surface area (Å²) in [6.07, 6.45) is 6.32. The quantitative estimate of drug-likeness (QED) is 0.107. The lowest BCUT2D eigenvalue weighted by Crippen LogP contribution is -2.19. The molecule has 2 aromatic heterocycles. The maximum Gasteiger partial charge on any atom is 0.248 e. The van der Waals surface area contributed by atoms with E-state index in [2.05, 4.69) is 9.98 Å². The summed E-state index contributed by atoms with van der Waals surface area (Å²) >= 11 is 15.9. The van der Waals surface area contributed by atoms with Crippen molar-refractivity contribution in [3.05, 3.63) is 56.0 Å². The molecule has 44 heavy (non-hydrogen) atoms. The molecule has 4 aromatic rings. The Bertz CT molecular complexity index is 1560. The van der Waals surface area contributed by atoms with Crippen LogP contribution in [0.2, 0.25) is 10.0 Å². The minimum absolute atomic E-state index is 0.119. The molecular formula is C32H40Cl2N4O4S2. The molecule has 0 saturated carbocycles. The average Bonchev–Trinajstić information content (AvgIpc) is 3.53. The Morgan fingerprint density at radius 2 is 1.09 bits per heavy atom. The van der Waals surface area contributed by atoms with E-state index in [0.717, 1.165) is 59.0 Å². The molecule has 12 heteroatoms. The van der Waals surface area contributed by atoms with E-state index >= 15 is 0 Å². The van der Waals surface area contributed by atoms with Crippen molar-refractivity contribution in [3.63, 3.8) is 0 Å². The highest BCUT2D eigenvalue weighted by Gasteiger charge is 2.12. The van der Waals surface area contributed by atoms with Crippen molar-refractivity contribution in [2.75, 3.05) is 26.4 Å². The van der Waals surface area contributed by atoms with Crippen LogP contribution in [0.15, 0.2) is 46.4 Å². The molecule has 8 nitrogen and oxygen atoms in total. The molecule has 0 saturated heterocycles.